The molecule has 2 aromatic carbocycles. The van der Waals surface area contributed by atoms with E-state index < -0.39 is 0 Å². The van der Waals surface area contributed by atoms with Crippen LogP contribution in [0.3, 0.4) is 0 Å². The minimum Gasteiger partial charge on any atom is -0.507 e. The Morgan fingerprint density at radius 3 is 1.02 bits per heavy atom. The molecule has 0 amide bonds. The van der Waals surface area contributed by atoms with E-state index in [4.69, 9.17) is 43.2 Å². The second kappa shape index (κ2) is 20.5. The number of hydrogen-bond donors (Lipinski definition) is 2. The molecule has 271 valence electrons. The van der Waals surface area contributed by atoms with Crippen molar-refractivity contribution in [1.29, 1.82) is 0 Å². The van der Waals surface area contributed by atoms with Crippen LogP contribution in [-0.2, 0) is 39.0 Å². The SMILES string of the molecule is CC(C)(C)c1cc(C=NC2CCCCC2N=Cc2cc(C(C)(C)C)cc(C(C)(C)C)c2O)c(O)c(C(C)(C)C)c1.[Cr+3].[N-]=[N+]=[N-].[N-]=[N+]=[N-].[N-]=[N+]=[N-]. The number of aliphatic imine (C=N–C) groups is 2. The van der Waals surface area contributed by atoms with Crippen LogP contribution in [0.15, 0.2) is 34.3 Å². The molecule has 14 heteroatoms. The first-order chi connectivity index (χ1) is 22.4. The van der Waals surface area contributed by atoms with Gasteiger partial charge in [0.1, 0.15) is 11.5 Å². The minimum absolute atomic E-state index is 0. The minimum atomic E-state index is -0.179. The molecule has 0 saturated heterocycles. The normalized spacial score (nSPS) is 16.2. The number of phenols is 2. The van der Waals surface area contributed by atoms with E-state index in [0.29, 0.717) is 11.5 Å². The standard InChI is InChI=1S/C36H54N2O2.Cr.3N3/c1-33(2,3)25-17-23(31(39)27(19-25)35(7,8)9)21-37-29-15-13-14-16-30(29)38-22-24-18-26(34(4,5)6)20-28(32(24)40)36(10,11)12;;3*1-3-2/h17-22,29-30,39-40H,13-16H2,1-12H3;;;;/q;+3;3*-1. The van der Waals surface area contributed by atoms with Crippen molar-refractivity contribution < 1.29 is 27.6 Å². The summed E-state index contributed by atoms with van der Waals surface area (Å²) in [7, 11) is 0. The molecule has 1 aliphatic carbocycles. The second-order valence-electron chi connectivity index (χ2n) is 16.2. The molecular formula is C36H54CrN11O2. The first kappa shape index (κ1) is 48.0. The molecule has 13 nitrogen and oxygen atoms in total. The maximum absolute atomic E-state index is 11.2. The fourth-order valence-electron chi connectivity index (χ4n) is 5.31. The van der Waals surface area contributed by atoms with E-state index >= 15 is 0 Å². The zero-order valence-corrected chi connectivity index (χ0v) is 32.9. The summed E-state index contributed by atoms with van der Waals surface area (Å²) in [5.74, 6) is 0.637. The van der Waals surface area contributed by atoms with Gasteiger partial charge in [-0.3, -0.25) is 24.7 Å². The number of phenolic OH excluding ortho intramolecular Hbond substituents is 2. The van der Waals surface area contributed by atoms with Crippen LogP contribution in [0.4, 0.5) is 0 Å². The van der Waals surface area contributed by atoms with Crippen LogP contribution < -0.4 is 0 Å². The number of rotatable bonds is 4. The second-order valence-corrected chi connectivity index (χ2v) is 16.2. The zero-order chi connectivity index (χ0) is 38.4. The van der Waals surface area contributed by atoms with E-state index in [1.54, 1.807) is 0 Å². The molecule has 0 aromatic heterocycles. The molecule has 2 N–H and O–H groups in total. The molecule has 1 saturated carbocycles. The Balaban J connectivity index is 0. The quantitative estimate of drug-likeness (QED) is 0.135. The molecule has 1 radical (unpaired) electrons. The van der Waals surface area contributed by atoms with Crippen molar-refractivity contribution in [2.75, 3.05) is 0 Å². The summed E-state index contributed by atoms with van der Waals surface area (Å²) in [6.45, 7) is 26.0. The molecule has 2 aromatic rings. The van der Waals surface area contributed by atoms with Gasteiger partial charge in [-0.15, -0.1) is 0 Å². The Labute approximate surface area is 308 Å². The summed E-state index contributed by atoms with van der Waals surface area (Å²) < 4.78 is 0. The summed E-state index contributed by atoms with van der Waals surface area (Å²) in [6, 6.07) is 8.53. The predicted molar refractivity (Wildman–Crippen MR) is 202 cm³/mol. The van der Waals surface area contributed by atoms with Crippen molar-refractivity contribution in [1.82, 2.24) is 0 Å². The van der Waals surface area contributed by atoms with E-state index in [0.717, 1.165) is 47.9 Å². The van der Waals surface area contributed by atoms with Crippen molar-refractivity contribution in [3.8, 4) is 11.5 Å². The average molecular weight is 725 g/mol. The Bertz CT molecular complexity index is 1430. The van der Waals surface area contributed by atoms with E-state index in [2.05, 4.69) is 107 Å². The molecule has 3 rings (SSSR count). The smallest absolute Gasteiger partial charge is 0.507 e. The van der Waals surface area contributed by atoms with Gasteiger partial charge in [0.15, 0.2) is 0 Å². The van der Waals surface area contributed by atoms with Crippen LogP contribution in [0.5, 0.6) is 11.5 Å². The van der Waals surface area contributed by atoms with Crippen LogP contribution in [0.2, 0.25) is 0 Å². The first-order valence-electron chi connectivity index (χ1n) is 16.2. The fraction of sp³-hybridized carbons (Fsp3) is 0.611. The maximum atomic E-state index is 11.2. The molecule has 1 aliphatic rings. The van der Waals surface area contributed by atoms with Crippen LogP contribution in [0, 0.1) is 0 Å². The third-order valence-electron chi connectivity index (χ3n) is 8.13. The average Bonchev–Trinajstić information content (AvgIpc) is 2.95. The van der Waals surface area contributed by atoms with E-state index in [1.807, 2.05) is 12.4 Å². The van der Waals surface area contributed by atoms with Crippen molar-refractivity contribution in [2.24, 2.45) is 9.98 Å². The fourth-order valence-corrected chi connectivity index (χ4v) is 5.31. The van der Waals surface area contributed by atoms with Gasteiger partial charge in [0.2, 0.25) is 0 Å². The molecule has 2 atom stereocenters. The molecule has 0 aliphatic heterocycles. The molecule has 0 bridgehead atoms. The molecule has 1 fully saturated rings. The third kappa shape index (κ3) is 15.2. The largest absolute Gasteiger partial charge is 3.00 e. The summed E-state index contributed by atoms with van der Waals surface area (Å²) in [5, 5.41) is 22.5. The third-order valence-corrected chi connectivity index (χ3v) is 8.13. The zero-order valence-electron chi connectivity index (χ0n) is 31.7. The van der Waals surface area contributed by atoms with Gasteiger partial charge in [0.25, 0.3) is 0 Å². The van der Waals surface area contributed by atoms with Gasteiger partial charge in [-0.05, 0) is 57.8 Å². The van der Waals surface area contributed by atoms with Gasteiger partial charge < -0.3 is 43.4 Å². The van der Waals surface area contributed by atoms with Crippen molar-refractivity contribution in [2.45, 2.75) is 143 Å². The summed E-state index contributed by atoms with van der Waals surface area (Å²) >= 11 is 0. The van der Waals surface area contributed by atoms with Gasteiger partial charge >= 0.3 is 17.4 Å². The summed E-state index contributed by atoms with van der Waals surface area (Å²) in [5.41, 5.74) is 45.9. The van der Waals surface area contributed by atoms with Crippen molar-refractivity contribution in [3.05, 3.63) is 106 Å². The Morgan fingerprint density at radius 2 is 0.800 bits per heavy atom. The Kier molecular flexibility index (Phi) is 19.7. The van der Waals surface area contributed by atoms with Gasteiger partial charge in [-0.2, -0.15) is 0 Å². The summed E-state index contributed by atoms with van der Waals surface area (Å²) in [6.07, 6.45) is 7.90. The number of benzene rings is 2. The topological polar surface area (TPSA) is 241 Å². The first-order valence-corrected chi connectivity index (χ1v) is 16.2. The van der Waals surface area contributed by atoms with Gasteiger partial charge in [-0.25, -0.2) is 0 Å². The van der Waals surface area contributed by atoms with E-state index in [-0.39, 0.29) is 51.1 Å². The van der Waals surface area contributed by atoms with Gasteiger partial charge in [-0.1, -0.05) is 108 Å². The monoisotopic (exact) mass is 724 g/mol. The Hall–Kier alpha value is -4.16. The van der Waals surface area contributed by atoms with Crippen molar-refractivity contribution in [3.63, 3.8) is 0 Å². The van der Waals surface area contributed by atoms with Crippen LogP contribution in [0.25, 0.3) is 47.9 Å². The molecule has 2 unspecified atom stereocenters. The number of nitrogens with zero attached hydrogens (tertiary/aromatic N) is 11. The predicted octanol–water partition coefficient (Wildman–Crippen LogP) is 11.7. The maximum Gasteiger partial charge on any atom is 3.00 e. The van der Waals surface area contributed by atoms with Gasteiger partial charge in [0, 0.05) is 34.7 Å². The number of hydrogen-bond acceptors (Lipinski definition) is 4. The Morgan fingerprint density at radius 1 is 0.540 bits per heavy atom. The van der Waals surface area contributed by atoms with Crippen LogP contribution in [0.1, 0.15) is 142 Å². The summed E-state index contributed by atoms with van der Waals surface area (Å²) in [4.78, 5) is 14.6. The number of aromatic hydroxyl groups is 2. The molecule has 0 spiro atoms. The van der Waals surface area contributed by atoms with Crippen molar-refractivity contribution >= 4 is 12.4 Å². The van der Waals surface area contributed by atoms with E-state index in [9.17, 15) is 10.2 Å². The molecule has 50 heavy (non-hydrogen) atoms. The van der Waals surface area contributed by atoms with Crippen LogP contribution in [-0.4, -0.2) is 34.7 Å². The molecular weight excluding hydrogens is 670 g/mol. The van der Waals surface area contributed by atoms with Gasteiger partial charge in [0.05, 0.1) is 12.1 Å². The van der Waals surface area contributed by atoms with E-state index in [1.165, 1.54) is 25.9 Å². The van der Waals surface area contributed by atoms with Crippen LogP contribution >= 0.6 is 0 Å². The molecule has 0 heterocycles.